The normalized spacial score (nSPS) is 11.8. The number of phenolic OH excluding ortho intramolecular Hbond substituents is 1. The number of ether oxygens (including phenoxy) is 1. The van der Waals surface area contributed by atoms with E-state index in [1.54, 1.807) is 30.6 Å². The summed E-state index contributed by atoms with van der Waals surface area (Å²) in [5.41, 5.74) is 3.56. The molecule has 1 unspecified atom stereocenters. The molecule has 0 radical (unpaired) electrons. The Morgan fingerprint density at radius 2 is 1.84 bits per heavy atom. The molecule has 5 nitrogen and oxygen atoms in total. The molecule has 3 aromatic rings. The lowest BCUT2D eigenvalue weighted by molar-refractivity contribution is 0.276. The third kappa shape index (κ3) is 3.89. The van der Waals surface area contributed by atoms with Gasteiger partial charge in [0.05, 0.1) is 25.4 Å². The second-order valence-corrected chi connectivity index (χ2v) is 5.64. The Bertz CT molecular complexity index is 837. The van der Waals surface area contributed by atoms with Gasteiger partial charge in [-0.3, -0.25) is 4.98 Å². The molecule has 0 amide bonds. The first-order valence-electron chi connectivity index (χ1n) is 7.96. The predicted octanol–water partition coefficient (Wildman–Crippen LogP) is 3.61. The van der Waals surface area contributed by atoms with Gasteiger partial charge in [0.2, 0.25) is 0 Å². The summed E-state index contributed by atoms with van der Waals surface area (Å²) in [6.07, 6.45) is 3.46. The number of benzene rings is 2. The Labute approximate surface area is 146 Å². The number of aromatic hydroxyl groups is 1. The minimum Gasteiger partial charge on any atom is -0.504 e. The summed E-state index contributed by atoms with van der Waals surface area (Å²) in [6, 6.07) is 16.7. The first-order valence-corrected chi connectivity index (χ1v) is 7.96. The molecule has 5 heteroatoms. The highest BCUT2D eigenvalue weighted by Crippen LogP contribution is 2.32. The van der Waals surface area contributed by atoms with E-state index in [2.05, 4.69) is 10.3 Å². The molecule has 128 valence electrons. The van der Waals surface area contributed by atoms with Gasteiger partial charge in [0.15, 0.2) is 11.5 Å². The fraction of sp³-hybridized carbons (Fsp3) is 0.150. The Kier molecular flexibility index (Phi) is 5.16. The van der Waals surface area contributed by atoms with Crippen molar-refractivity contribution in [2.75, 3.05) is 19.0 Å². The molecule has 1 heterocycles. The van der Waals surface area contributed by atoms with E-state index < -0.39 is 0 Å². The Morgan fingerprint density at radius 3 is 2.56 bits per heavy atom. The molecule has 3 N–H and O–H groups in total. The van der Waals surface area contributed by atoms with E-state index in [0.29, 0.717) is 5.75 Å². The SMILES string of the molecule is COc1cc(-c2cncc(NC(CO)c3ccccc3)c2)ccc1O. The van der Waals surface area contributed by atoms with Crippen LogP contribution in [0.15, 0.2) is 67.0 Å². The smallest absolute Gasteiger partial charge is 0.161 e. The summed E-state index contributed by atoms with van der Waals surface area (Å²) in [5.74, 6) is 0.506. The van der Waals surface area contributed by atoms with Gasteiger partial charge in [0.25, 0.3) is 0 Å². The number of hydrogen-bond acceptors (Lipinski definition) is 5. The summed E-state index contributed by atoms with van der Waals surface area (Å²) < 4.78 is 5.16. The highest BCUT2D eigenvalue weighted by atomic mass is 16.5. The summed E-state index contributed by atoms with van der Waals surface area (Å²) >= 11 is 0. The molecule has 2 aromatic carbocycles. The Morgan fingerprint density at radius 1 is 1.04 bits per heavy atom. The lowest BCUT2D eigenvalue weighted by atomic mass is 10.1. The van der Waals surface area contributed by atoms with Crippen LogP contribution in [0.1, 0.15) is 11.6 Å². The van der Waals surface area contributed by atoms with Crippen molar-refractivity contribution in [1.82, 2.24) is 4.98 Å². The summed E-state index contributed by atoms with van der Waals surface area (Å²) in [4.78, 5) is 4.27. The molecule has 1 aromatic heterocycles. The van der Waals surface area contributed by atoms with E-state index in [1.807, 2.05) is 36.4 Å². The molecule has 3 rings (SSSR count). The highest BCUT2D eigenvalue weighted by molar-refractivity contribution is 5.69. The van der Waals surface area contributed by atoms with Crippen molar-refractivity contribution < 1.29 is 14.9 Å². The van der Waals surface area contributed by atoms with Crippen LogP contribution in [0.5, 0.6) is 11.5 Å². The molecule has 0 aliphatic carbocycles. The standard InChI is InChI=1S/C20H20N2O3/c1-25-20-10-15(7-8-19(20)24)16-9-17(12-21-11-16)22-18(13-23)14-5-3-2-4-6-14/h2-12,18,22-24H,13H2,1H3. The lowest BCUT2D eigenvalue weighted by Crippen LogP contribution is -2.14. The molecule has 1 atom stereocenters. The minimum atomic E-state index is -0.215. The number of phenols is 1. The van der Waals surface area contributed by atoms with Crippen LogP contribution < -0.4 is 10.1 Å². The van der Waals surface area contributed by atoms with E-state index in [9.17, 15) is 10.2 Å². The number of aromatic nitrogens is 1. The number of nitrogens with one attached hydrogen (secondary N) is 1. The molecule has 0 saturated carbocycles. The van der Waals surface area contributed by atoms with Gasteiger partial charge in [0.1, 0.15) is 0 Å². The number of hydrogen-bond donors (Lipinski definition) is 3. The fourth-order valence-corrected chi connectivity index (χ4v) is 2.65. The number of aliphatic hydroxyl groups is 1. The fourth-order valence-electron chi connectivity index (χ4n) is 2.65. The van der Waals surface area contributed by atoms with E-state index >= 15 is 0 Å². The summed E-state index contributed by atoms with van der Waals surface area (Å²) in [5, 5.41) is 22.7. The predicted molar refractivity (Wildman–Crippen MR) is 97.8 cm³/mol. The summed E-state index contributed by atoms with van der Waals surface area (Å²) in [7, 11) is 1.51. The van der Waals surface area contributed by atoms with Crippen LogP contribution >= 0.6 is 0 Å². The third-order valence-electron chi connectivity index (χ3n) is 3.98. The van der Waals surface area contributed by atoms with E-state index in [4.69, 9.17) is 4.74 Å². The minimum absolute atomic E-state index is 0.0265. The van der Waals surface area contributed by atoms with Gasteiger partial charge in [-0.25, -0.2) is 0 Å². The molecule has 0 aliphatic heterocycles. The van der Waals surface area contributed by atoms with Crippen molar-refractivity contribution in [2.45, 2.75) is 6.04 Å². The highest BCUT2D eigenvalue weighted by Gasteiger charge is 2.11. The van der Waals surface area contributed by atoms with Crippen LogP contribution in [0, 0.1) is 0 Å². The van der Waals surface area contributed by atoms with Gasteiger partial charge < -0.3 is 20.3 Å². The molecule has 0 bridgehead atoms. The van der Waals surface area contributed by atoms with Crippen LogP contribution in [0.2, 0.25) is 0 Å². The molecule has 0 fully saturated rings. The monoisotopic (exact) mass is 336 g/mol. The maximum atomic E-state index is 9.73. The van der Waals surface area contributed by atoms with Crippen molar-refractivity contribution in [1.29, 1.82) is 0 Å². The first-order chi connectivity index (χ1) is 12.2. The topological polar surface area (TPSA) is 74.6 Å². The van der Waals surface area contributed by atoms with Crippen molar-refractivity contribution in [3.8, 4) is 22.6 Å². The molecular formula is C20H20N2O3. The quantitative estimate of drug-likeness (QED) is 0.641. The van der Waals surface area contributed by atoms with Crippen LogP contribution in [0.25, 0.3) is 11.1 Å². The van der Waals surface area contributed by atoms with Crippen LogP contribution in [0.3, 0.4) is 0 Å². The lowest BCUT2D eigenvalue weighted by Gasteiger charge is -2.18. The maximum Gasteiger partial charge on any atom is 0.161 e. The number of anilines is 1. The number of aliphatic hydroxyl groups excluding tert-OH is 1. The first kappa shape index (κ1) is 16.8. The molecule has 0 saturated heterocycles. The zero-order valence-corrected chi connectivity index (χ0v) is 13.9. The second-order valence-electron chi connectivity index (χ2n) is 5.64. The van der Waals surface area contributed by atoms with Crippen molar-refractivity contribution in [3.05, 3.63) is 72.6 Å². The zero-order chi connectivity index (χ0) is 17.6. The number of methoxy groups -OCH3 is 1. The average Bonchev–Trinajstić information content (AvgIpc) is 2.67. The van der Waals surface area contributed by atoms with Gasteiger partial charge in [-0.15, -0.1) is 0 Å². The van der Waals surface area contributed by atoms with Crippen molar-refractivity contribution >= 4 is 5.69 Å². The molecular weight excluding hydrogens is 316 g/mol. The van der Waals surface area contributed by atoms with Crippen LogP contribution in [0.4, 0.5) is 5.69 Å². The number of nitrogens with zero attached hydrogens (tertiary/aromatic N) is 1. The molecule has 0 aliphatic rings. The second kappa shape index (κ2) is 7.68. The van der Waals surface area contributed by atoms with Crippen molar-refractivity contribution in [2.24, 2.45) is 0 Å². The van der Waals surface area contributed by atoms with E-state index in [0.717, 1.165) is 22.4 Å². The Hall–Kier alpha value is -3.05. The van der Waals surface area contributed by atoms with Gasteiger partial charge in [-0.05, 0) is 29.3 Å². The summed E-state index contributed by atoms with van der Waals surface area (Å²) in [6.45, 7) is -0.0265. The van der Waals surface area contributed by atoms with Crippen LogP contribution in [-0.4, -0.2) is 28.9 Å². The molecule has 25 heavy (non-hydrogen) atoms. The van der Waals surface area contributed by atoms with E-state index in [1.165, 1.54) is 7.11 Å². The number of pyridine rings is 1. The maximum absolute atomic E-state index is 9.73. The zero-order valence-electron chi connectivity index (χ0n) is 13.9. The van der Waals surface area contributed by atoms with Crippen molar-refractivity contribution in [3.63, 3.8) is 0 Å². The van der Waals surface area contributed by atoms with E-state index in [-0.39, 0.29) is 18.4 Å². The van der Waals surface area contributed by atoms with Gasteiger partial charge in [-0.2, -0.15) is 0 Å². The van der Waals surface area contributed by atoms with Gasteiger partial charge >= 0.3 is 0 Å². The van der Waals surface area contributed by atoms with Crippen LogP contribution in [-0.2, 0) is 0 Å². The van der Waals surface area contributed by atoms with Gasteiger partial charge in [-0.1, -0.05) is 36.4 Å². The largest absolute Gasteiger partial charge is 0.504 e. The Balaban J connectivity index is 1.86. The number of rotatable bonds is 6. The third-order valence-corrected chi connectivity index (χ3v) is 3.98. The van der Waals surface area contributed by atoms with Gasteiger partial charge in [0, 0.05) is 18.0 Å². The molecule has 0 spiro atoms. The average molecular weight is 336 g/mol.